The van der Waals surface area contributed by atoms with Gasteiger partial charge in [-0.25, -0.2) is 9.78 Å². The highest BCUT2D eigenvalue weighted by Gasteiger charge is 2.26. The summed E-state index contributed by atoms with van der Waals surface area (Å²) in [4.78, 5) is 33.3. The van der Waals surface area contributed by atoms with Gasteiger partial charge in [0.05, 0.1) is 18.4 Å². The fourth-order valence-corrected chi connectivity index (χ4v) is 3.23. The van der Waals surface area contributed by atoms with Gasteiger partial charge in [0.1, 0.15) is 17.6 Å². The van der Waals surface area contributed by atoms with Crippen molar-refractivity contribution < 1.29 is 14.3 Å². The highest BCUT2D eigenvalue weighted by Crippen LogP contribution is 2.28. The highest BCUT2D eigenvalue weighted by atomic mass is 16.5. The Labute approximate surface area is 151 Å². The van der Waals surface area contributed by atoms with Crippen LogP contribution in [0.25, 0.3) is 11.0 Å². The van der Waals surface area contributed by atoms with Gasteiger partial charge >= 0.3 is 5.97 Å². The van der Waals surface area contributed by atoms with Crippen LogP contribution in [0, 0.1) is 11.3 Å². The summed E-state index contributed by atoms with van der Waals surface area (Å²) in [5.74, 6) is -0.593. The third-order valence-corrected chi connectivity index (χ3v) is 4.43. The summed E-state index contributed by atoms with van der Waals surface area (Å²) in [5, 5.41) is 12.9. The number of nitrogens with zero attached hydrogens (tertiary/aromatic N) is 3. The van der Waals surface area contributed by atoms with Gasteiger partial charge in [-0.05, 0) is 25.8 Å². The molecule has 2 N–H and O–H groups in total. The van der Waals surface area contributed by atoms with Crippen LogP contribution in [0.1, 0.15) is 36.5 Å². The van der Waals surface area contributed by atoms with Crippen LogP contribution in [-0.2, 0) is 9.53 Å². The zero-order chi connectivity index (χ0) is 18.5. The third kappa shape index (κ3) is 3.61. The van der Waals surface area contributed by atoms with E-state index < -0.39 is 5.97 Å². The Balaban J connectivity index is 1.86. The largest absolute Gasteiger partial charge is 0.462 e. The zero-order valence-corrected chi connectivity index (χ0v) is 14.6. The molecular formula is C18H21N5O3. The molecule has 1 aliphatic rings. The zero-order valence-electron chi connectivity index (χ0n) is 14.6. The van der Waals surface area contributed by atoms with Crippen molar-refractivity contribution in [1.82, 2.24) is 14.9 Å². The lowest BCUT2D eigenvalue weighted by Crippen LogP contribution is -2.45. The predicted molar refractivity (Wildman–Crippen MR) is 95.5 cm³/mol. The minimum Gasteiger partial charge on any atom is -0.462 e. The van der Waals surface area contributed by atoms with Crippen molar-refractivity contribution in [2.45, 2.75) is 32.2 Å². The summed E-state index contributed by atoms with van der Waals surface area (Å²) in [6.45, 7) is 3.19. The van der Waals surface area contributed by atoms with E-state index in [1.165, 1.54) is 6.20 Å². The molecule has 2 aromatic heterocycles. The fourth-order valence-electron chi connectivity index (χ4n) is 3.23. The molecule has 2 aromatic rings. The Bertz CT molecular complexity index is 854. The first-order chi connectivity index (χ1) is 12.6. The SMILES string of the molecule is CCOC(=O)c1cnc2[nH]ccc2c1NC1CCCN(C(=O)CC#N)C1. The number of carbonyl (C=O) groups is 2. The molecule has 3 heterocycles. The molecule has 3 rings (SSSR count). The van der Waals surface area contributed by atoms with Gasteiger partial charge in [0.15, 0.2) is 0 Å². The number of ether oxygens (including phenoxy) is 1. The van der Waals surface area contributed by atoms with E-state index in [9.17, 15) is 9.59 Å². The van der Waals surface area contributed by atoms with Gasteiger partial charge in [0.25, 0.3) is 0 Å². The van der Waals surface area contributed by atoms with Crippen LogP contribution in [0.15, 0.2) is 18.5 Å². The second-order valence-electron chi connectivity index (χ2n) is 6.17. The van der Waals surface area contributed by atoms with E-state index in [2.05, 4.69) is 15.3 Å². The van der Waals surface area contributed by atoms with Crippen LogP contribution in [-0.4, -0.2) is 52.5 Å². The molecular weight excluding hydrogens is 334 g/mol. The van der Waals surface area contributed by atoms with Crippen LogP contribution in [0.3, 0.4) is 0 Å². The molecule has 8 heteroatoms. The average Bonchev–Trinajstić information content (AvgIpc) is 3.12. The van der Waals surface area contributed by atoms with Crippen molar-refractivity contribution >= 4 is 28.6 Å². The molecule has 1 amide bonds. The number of hydrogen-bond acceptors (Lipinski definition) is 6. The summed E-state index contributed by atoms with van der Waals surface area (Å²) in [6, 6.07) is 3.75. The lowest BCUT2D eigenvalue weighted by molar-refractivity contribution is -0.131. The Kier molecular flexibility index (Phi) is 5.37. The molecule has 136 valence electrons. The summed E-state index contributed by atoms with van der Waals surface area (Å²) in [6.07, 6.45) is 4.86. The number of amides is 1. The highest BCUT2D eigenvalue weighted by molar-refractivity contribution is 6.04. The minimum absolute atomic E-state index is 0.0138. The van der Waals surface area contributed by atoms with E-state index in [0.717, 1.165) is 18.2 Å². The van der Waals surface area contributed by atoms with Crippen molar-refractivity contribution in [3.63, 3.8) is 0 Å². The Morgan fingerprint density at radius 3 is 3.15 bits per heavy atom. The van der Waals surface area contributed by atoms with Crippen molar-refractivity contribution in [2.75, 3.05) is 25.0 Å². The molecule has 0 bridgehead atoms. The summed E-state index contributed by atoms with van der Waals surface area (Å²) in [7, 11) is 0. The number of hydrogen-bond donors (Lipinski definition) is 2. The first-order valence-corrected chi connectivity index (χ1v) is 8.68. The maximum absolute atomic E-state index is 12.3. The number of esters is 1. The monoisotopic (exact) mass is 355 g/mol. The minimum atomic E-state index is -0.432. The standard InChI is InChI=1S/C18H21N5O3/c1-2-26-18(25)14-10-21-17-13(6-8-20-17)16(14)22-12-4-3-9-23(11-12)15(24)5-7-19/h6,8,10,12H,2-5,9,11H2,1H3,(H2,20,21,22). The Morgan fingerprint density at radius 1 is 1.54 bits per heavy atom. The van der Waals surface area contributed by atoms with Gasteiger partial charge in [-0.1, -0.05) is 0 Å². The maximum Gasteiger partial charge on any atom is 0.341 e. The fraction of sp³-hybridized carbons (Fsp3) is 0.444. The van der Waals surface area contributed by atoms with Gasteiger partial charge < -0.3 is 19.9 Å². The molecule has 26 heavy (non-hydrogen) atoms. The molecule has 1 aliphatic heterocycles. The van der Waals surface area contributed by atoms with Gasteiger partial charge in [-0.3, -0.25) is 4.79 Å². The summed E-state index contributed by atoms with van der Waals surface area (Å²) < 4.78 is 5.14. The number of fused-ring (bicyclic) bond motifs is 1. The topological polar surface area (TPSA) is 111 Å². The van der Waals surface area contributed by atoms with Gasteiger partial charge in [0, 0.05) is 36.9 Å². The van der Waals surface area contributed by atoms with Crippen molar-refractivity contribution in [3.05, 3.63) is 24.0 Å². The molecule has 1 fully saturated rings. The van der Waals surface area contributed by atoms with E-state index in [-0.39, 0.29) is 25.0 Å². The van der Waals surface area contributed by atoms with Gasteiger partial charge in [-0.15, -0.1) is 0 Å². The molecule has 0 aliphatic carbocycles. The number of H-pyrrole nitrogens is 1. The maximum atomic E-state index is 12.3. The number of likely N-dealkylation sites (tertiary alicyclic amines) is 1. The number of aromatic nitrogens is 2. The average molecular weight is 355 g/mol. The molecule has 0 radical (unpaired) electrons. The number of anilines is 1. The molecule has 8 nitrogen and oxygen atoms in total. The van der Waals surface area contributed by atoms with E-state index in [1.807, 2.05) is 12.1 Å². The number of nitriles is 1. The molecule has 0 saturated carbocycles. The van der Waals surface area contributed by atoms with Gasteiger partial charge in [-0.2, -0.15) is 5.26 Å². The number of nitrogens with one attached hydrogen (secondary N) is 2. The van der Waals surface area contributed by atoms with Crippen molar-refractivity contribution in [2.24, 2.45) is 0 Å². The smallest absolute Gasteiger partial charge is 0.341 e. The first kappa shape index (κ1) is 17.7. The summed E-state index contributed by atoms with van der Waals surface area (Å²) >= 11 is 0. The second-order valence-corrected chi connectivity index (χ2v) is 6.17. The van der Waals surface area contributed by atoms with Crippen LogP contribution >= 0.6 is 0 Å². The van der Waals surface area contributed by atoms with E-state index in [0.29, 0.717) is 30.0 Å². The van der Waals surface area contributed by atoms with Crippen LogP contribution in [0.5, 0.6) is 0 Å². The lowest BCUT2D eigenvalue weighted by atomic mass is 10.0. The Hall–Kier alpha value is -3.08. The second kappa shape index (κ2) is 7.87. The van der Waals surface area contributed by atoms with Crippen molar-refractivity contribution in [3.8, 4) is 6.07 Å². The van der Waals surface area contributed by atoms with Crippen molar-refractivity contribution in [1.29, 1.82) is 5.26 Å². The quantitative estimate of drug-likeness (QED) is 0.794. The van der Waals surface area contributed by atoms with Crippen LogP contribution in [0.4, 0.5) is 5.69 Å². The predicted octanol–water partition coefficient (Wildman–Crippen LogP) is 2.06. The molecule has 1 unspecified atom stereocenters. The third-order valence-electron chi connectivity index (χ3n) is 4.43. The van der Waals surface area contributed by atoms with E-state index >= 15 is 0 Å². The first-order valence-electron chi connectivity index (χ1n) is 8.68. The number of carbonyl (C=O) groups excluding carboxylic acids is 2. The van der Waals surface area contributed by atoms with Crippen LogP contribution in [0.2, 0.25) is 0 Å². The normalized spacial score (nSPS) is 16.9. The number of piperidine rings is 1. The lowest BCUT2D eigenvalue weighted by Gasteiger charge is -2.33. The number of pyridine rings is 1. The summed E-state index contributed by atoms with van der Waals surface area (Å²) in [5.41, 5.74) is 1.71. The Morgan fingerprint density at radius 2 is 2.38 bits per heavy atom. The number of rotatable bonds is 5. The molecule has 0 spiro atoms. The number of aromatic amines is 1. The molecule has 1 atom stereocenters. The van der Waals surface area contributed by atoms with E-state index in [4.69, 9.17) is 10.00 Å². The molecule has 0 aromatic carbocycles. The molecule has 1 saturated heterocycles. The van der Waals surface area contributed by atoms with Crippen LogP contribution < -0.4 is 5.32 Å². The van der Waals surface area contributed by atoms with Gasteiger partial charge in [0.2, 0.25) is 5.91 Å². The van der Waals surface area contributed by atoms with E-state index in [1.54, 1.807) is 18.0 Å².